The van der Waals surface area contributed by atoms with Gasteiger partial charge in [0.2, 0.25) is 0 Å². The van der Waals surface area contributed by atoms with Gasteiger partial charge in [-0.25, -0.2) is 9.59 Å². The molecule has 0 N–H and O–H groups in total. The molecule has 0 saturated heterocycles. The number of benzene rings is 2. The molecule has 2 aromatic carbocycles. The minimum Gasteiger partial charge on any atom is -0.434 e. The van der Waals surface area contributed by atoms with Crippen LogP contribution >= 0.6 is 0 Å². The van der Waals surface area contributed by atoms with Gasteiger partial charge in [-0.05, 0) is 31.4 Å². The molecule has 116 valence electrons. The van der Waals surface area contributed by atoms with Crippen LogP contribution in [-0.4, -0.2) is 25.5 Å². The van der Waals surface area contributed by atoms with Gasteiger partial charge in [-0.15, -0.1) is 0 Å². The second-order valence-electron chi connectivity index (χ2n) is 4.18. The van der Waals surface area contributed by atoms with Crippen LogP contribution < -0.4 is 9.47 Å². The van der Waals surface area contributed by atoms with Crippen molar-refractivity contribution in [3.63, 3.8) is 0 Å². The first-order chi connectivity index (χ1) is 10.7. The van der Waals surface area contributed by atoms with Gasteiger partial charge < -0.3 is 18.9 Å². The Morgan fingerprint density at radius 1 is 0.818 bits per heavy atom. The van der Waals surface area contributed by atoms with E-state index in [1.807, 2.05) is 12.1 Å². The van der Waals surface area contributed by atoms with Gasteiger partial charge in [-0.3, -0.25) is 0 Å². The highest BCUT2D eigenvalue weighted by atomic mass is 16.7. The fraction of sp³-hybridized carbons (Fsp3) is 0.250. The zero-order valence-corrected chi connectivity index (χ0v) is 12.3. The van der Waals surface area contributed by atoms with Crippen molar-refractivity contribution in [2.24, 2.45) is 0 Å². The van der Waals surface area contributed by atoms with E-state index in [4.69, 9.17) is 18.9 Å². The summed E-state index contributed by atoms with van der Waals surface area (Å²) in [5.74, 6) is 0.492. The smallest absolute Gasteiger partial charge is 0.434 e. The molecule has 0 spiro atoms. The van der Waals surface area contributed by atoms with E-state index in [0.717, 1.165) is 5.39 Å². The summed E-state index contributed by atoms with van der Waals surface area (Å²) in [7, 11) is 0. The number of rotatable bonds is 4. The minimum absolute atomic E-state index is 0.204. The maximum absolute atomic E-state index is 11.5. The van der Waals surface area contributed by atoms with Gasteiger partial charge in [0, 0.05) is 0 Å². The van der Waals surface area contributed by atoms with Crippen LogP contribution in [0, 0.1) is 0 Å². The quantitative estimate of drug-likeness (QED) is 0.630. The second kappa shape index (κ2) is 7.31. The molecule has 6 heteroatoms. The molecule has 0 saturated carbocycles. The Morgan fingerprint density at radius 2 is 1.27 bits per heavy atom. The summed E-state index contributed by atoms with van der Waals surface area (Å²) in [5, 5.41) is 1.25. The predicted molar refractivity (Wildman–Crippen MR) is 79.2 cm³/mol. The van der Waals surface area contributed by atoms with Crippen molar-refractivity contribution in [1.29, 1.82) is 0 Å². The number of ether oxygens (including phenoxy) is 4. The van der Waals surface area contributed by atoms with Crippen molar-refractivity contribution in [2.45, 2.75) is 13.8 Å². The lowest BCUT2D eigenvalue weighted by molar-refractivity contribution is 0.104. The standard InChI is InChI=1S/C16H16O6/c1-3-19-15(17)21-12-9-5-7-11-8-6-10-13(14(11)12)22-16(18)20-4-2/h5-10H,3-4H2,1-2H3. The lowest BCUT2D eigenvalue weighted by Gasteiger charge is -2.11. The molecular weight excluding hydrogens is 288 g/mol. The third-order valence-corrected chi connectivity index (χ3v) is 2.74. The summed E-state index contributed by atoms with van der Waals surface area (Å²) in [6.07, 6.45) is -1.64. The monoisotopic (exact) mass is 304 g/mol. The molecule has 0 radical (unpaired) electrons. The number of fused-ring (bicyclic) bond motifs is 1. The highest BCUT2D eigenvalue weighted by Gasteiger charge is 2.15. The van der Waals surface area contributed by atoms with Crippen LogP contribution in [0.5, 0.6) is 11.5 Å². The van der Waals surface area contributed by atoms with E-state index < -0.39 is 12.3 Å². The van der Waals surface area contributed by atoms with Gasteiger partial charge in [0.05, 0.1) is 18.6 Å². The second-order valence-corrected chi connectivity index (χ2v) is 4.18. The molecule has 2 rings (SSSR count). The molecule has 0 unspecified atom stereocenters. The molecule has 2 aromatic rings. The van der Waals surface area contributed by atoms with Crippen LogP contribution in [0.15, 0.2) is 36.4 Å². The van der Waals surface area contributed by atoms with Crippen molar-refractivity contribution in [1.82, 2.24) is 0 Å². The molecular formula is C16H16O6. The van der Waals surface area contributed by atoms with Crippen LogP contribution in [0.25, 0.3) is 10.8 Å². The third-order valence-electron chi connectivity index (χ3n) is 2.74. The average molecular weight is 304 g/mol. The first kappa shape index (κ1) is 15.6. The SMILES string of the molecule is CCOC(=O)Oc1cccc2cccc(OC(=O)OCC)c12. The van der Waals surface area contributed by atoms with Crippen molar-refractivity contribution < 1.29 is 28.5 Å². The maximum Gasteiger partial charge on any atom is 0.513 e. The fourth-order valence-electron chi connectivity index (χ4n) is 1.92. The number of carbonyl (C=O) groups is 2. The lowest BCUT2D eigenvalue weighted by atomic mass is 10.1. The molecule has 0 aliphatic carbocycles. The van der Waals surface area contributed by atoms with Crippen LogP contribution in [0.2, 0.25) is 0 Å². The minimum atomic E-state index is -0.819. The van der Waals surface area contributed by atoms with Crippen molar-refractivity contribution >= 4 is 23.1 Å². The van der Waals surface area contributed by atoms with Gasteiger partial charge >= 0.3 is 12.3 Å². The lowest BCUT2D eigenvalue weighted by Crippen LogP contribution is -2.12. The first-order valence-corrected chi connectivity index (χ1v) is 6.86. The largest absolute Gasteiger partial charge is 0.513 e. The van der Waals surface area contributed by atoms with Crippen LogP contribution in [-0.2, 0) is 9.47 Å². The van der Waals surface area contributed by atoms with Crippen LogP contribution in [0.1, 0.15) is 13.8 Å². The highest BCUT2D eigenvalue weighted by molar-refractivity contribution is 5.96. The number of carbonyl (C=O) groups excluding carboxylic acids is 2. The van der Waals surface area contributed by atoms with E-state index in [-0.39, 0.29) is 24.7 Å². The van der Waals surface area contributed by atoms with Crippen molar-refractivity contribution in [3.05, 3.63) is 36.4 Å². The molecule has 0 heterocycles. The van der Waals surface area contributed by atoms with E-state index in [0.29, 0.717) is 5.39 Å². The molecule has 0 aromatic heterocycles. The Labute approximate surface area is 127 Å². The summed E-state index contributed by atoms with van der Waals surface area (Å²) in [6, 6.07) is 10.3. The maximum atomic E-state index is 11.5. The third kappa shape index (κ3) is 3.66. The van der Waals surface area contributed by atoms with E-state index in [9.17, 15) is 9.59 Å². The van der Waals surface area contributed by atoms with E-state index in [1.165, 1.54) is 0 Å². The number of hydrogen-bond acceptors (Lipinski definition) is 6. The van der Waals surface area contributed by atoms with E-state index in [1.54, 1.807) is 38.1 Å². The first-order valence-electron chi connectivity index (χ1n) is 6.86. The summed E-state index contributed by atoms with van der Waals surface area (Å²) >= 11 is 0. The molecule has 0 aliphatic heterocycles. The van der Waals surface area contributed by atoms with Gasteiger partial charge in [0.15, 0.2) is 0 Å². The molecule has 0 atom stereocenters. The Kier molecular flexibility index (Phi) is 5.19. The van der Waals surface area contributed by atoms with Gasteiger partial charge in [0.1, 0.15) is 11.5 Å². The molecule has 0 fully saturated rings. The summed E-state index contributed by atoms with van der Waals surface area (Å²) in [4.78, 5) is 23.0. The molecule has 22 heavy (non-hydrogen) atoms. The van der Waals surface area contributed by atoms with Gasteiger partial charge in [-0.1, -0.05) is 24.3 Å². The Hall–Kier alpha value is -2.76. The molecule has 6 nitrogen and oxygen atoms in total. The topological polar surface area (TPSA) is 71.1 Å². The van der Waals surface area contributed by atoms with Crippen LogP contribution in [0.4, 0.5) is 9.59 Å². The zero-order valence-electron chi connectivity index (χ0n) is 12.3. The van der Waals surface area contributed by atoms with E-state index in [2.05, 4.69) is 0 Å². The van der Waals surface area contributed by atoms with Crippen LogP contribution in [0.3, 0.4) is 0 Å². The van der Waals surface area contributed by atoms with Gasteiger partial charge in [-0.2, -0.15) is 0 Å². The Bertz CT molecular complexity index is 625. The molecule has 0 amide bonds. The highest BCUT2D eigenvalue weighted by Crippen LogP contribution is 2.34. The van der Waals surface area contributed by atoms with Gasteiger partial charge in [0.25, 0.3) is 0 Å². The average Bonchev–Trinajstić information content (AvgIpc) is 2.48. The summed E-state index contributed by atoms with van der Waals surface area (Å²) in [5.41, 5.74) is 0. The predicted octanol–water partition coefficient (Wildman–Crippen LogP) is 3.91. The van der Waals surface area contributed by atoms with Crippen molar-refractivity contribution in [2.75, 3.05) is 13.2 Å². The molecule has 0 aliphatic rings. The zero-order chi connectivity index (χ0) is 15.9. The van der Waals surface area contributed by atoms with Crippen molar-refractivity contribution in [3.8, 4) is 11.5 Å². The Balaban J connectivity index is 2.39. The Morgan fingerprint density at radius 3 is 1.68 bits per heavy atom. The normalized spacial score (nSPS) is 10.1. The number of hydrogen-bond donors (Lipinski definition) is 0. The van der Waals surface area contributed by atoms with E-state index >= 15 is 0 Å². The molecule has 0 bridgehead atoms. The summed E-state index contributed by atoms with van der Waals surface area (Å²) in [6.45, 7) is 3.77. The summed E-state index contributed by atoms with van der Waals surface area (Å²) < 4.78 is 19.8. The fourth-order valence-corrected chi connectivity index (χ4v) is 1.92.